The highest BCUT2D eigenvalue weighted by molar-refractivity contribution is 6.32. The SMILES string of the molecule is O=C([C@H]1CNCC[C@@]12OCc1cc(F)c(F)cc12)N(Cc1cccc(C(F)(F)F)c1Cl)C1CC1. The Morgan fingerprint density at radius 1 is 1.21 bits per heavy atom. The first-order valence-electron chi connectivity index (χ1n) is 11.1. The number of carbonyl (C=O) groups is 1. The Morgan fingerprint density at radius 2 is 1.94 bits per heavy atom. The van der Waals surface area contributed by atoms with Gasteiger partial charge in [0.25, 0.3) is 0 Å². The predicted octanol–water partition coefficient (Wildman–Crippen LogP) is 5.16. The van der Waals surface area contributed by atoms with E-state index in [1.807, 2.05) is 0 Å². The van der Waals surface area contributed by atoms with E-state index in [9.17, 15) is 26.7 Å². The molecular weight excluding hydrogens is 479 g/mol. The van der Waals surface area contributed by atoms with E-state index in [1.165, 1.54) is 12.1 Å². The zero-order valence-corrected chi connectivity index (χ0v) is 18.8. The van der Waals surface area contributed by atoms with Gasteiger partial charge >= 0.3 is 6.18 Å². The van der Waals surface area contributed by atoms with Crippen LogP contribution in [0.25, 0.3) is 0 Å². The fourth-order valence-corrected chi connectivity index (χ4v) is 5.40. The van der Waals surface area contributed by atoms with Gasteiger partial charge in [0, 0.05) is 19.1 Å². The number of hydrogen-bond donors (Lipinski definition) is 1. The Bertz CT molecular complexity index is 1140. The van der Waals surface area contributed by atoms with Crippen molar-refractivity contribution in [3.05, 3.63) is 69.2 Å². The van der Waals surface area contributed by atoms with Gasteiger partial charge in [-0.1, -0.05) is 23.7 Å². The molecule has 0 bridgehead atoms. The fourth-order valence-electron chi connectivity index (χ4n) is 5.10. The van der Waals surface area contributed by atoms with Crippen molar-refractivity contribution in [2.24, 2.45) is 5.92 Å². The highest BCUT2D eigenvalue weighted by Crippen LogP contribution is 2.48. The number of alkyl halides is 3. The summed E-state index contributed by atoms with van der Waals surface area (Å²) < 4.78 is 74.1. The van der Waals surface area contributed by atoms with Crippen molar-refractivity contribution < 1.29 is 31.5 Å². The molecule has 0 unspecified atom stereocenters. The van der Waals surface area contributed by atoms with E-state index in [-0.39, 0.29) is 37.2 Å². The number of halogens is 6. The molecule has 1 saturated heterocycles. The Hall–Kier alpha value is -2.23. The molecule has 2 aromatic rings. The molecule has 0 radical (unpaired) electrons. The van der Waals surface area contributed by atoms with E-state index in [0.29, 0.717) is 24.1 Å². The van der Waals surface area contributed by atoms with Crippen LogP contribution >= 0.6 is 11.6 Å². The number of fused-ring (bicyclic) bond motifs is 2. The minimum absolute atomic E-state index is 0.0548. The summed E-state index contributed by atoms with van der Waals surface area (Å²) in [5.74, 6) is -3.04. The van der Waals surface area contributed by atoms with Crippen molar-refractivity contribution >= 4 is 17.5 Å². The number of nitrogens with zero attached hydrogens (tertiary/aromatic N) is 1. The van der Waals surface area contributed by atoms with Gasteiger partial charge in [0.2, 0.25) is 5.91 Å². The number of nitrogens with one attached hydrogen (secondary N) is 1. The summed E-state index contributed by atoms with van der Waals surface area (Å²) in [6, 6.07) is 5.75. The lowest BCUT2D eigenvalue weighted by Crippen LogP contribution is -2.55. The van der Waals surface area contributed by atoms with Gasteiger partial charge in [0.1, 0.15) is 5.60 Å². The highest BCUT2D eigenvalue weighted by atomic mass is 35.5. The number of piperidine rings is 1. The maximum absolute atomic E-state index is 14.2. The van der Waals surface area contributed by atoms with Gasteiger partial charge < -0.3 is 15.0 Å². The first-order valence-corrected chi connectivity index (χ1v) is 11.5. The fraction of sp³-hybridized carbons (Fsp3) is 0.458. The van der Waals surface area contributed by atoms with E-state index in [2.05, 4.69) is 5.32 Å². The van der Waals surface area contributed by atoms with Crippen LogP contribution in [0.1, 0.15) is 41.5 Å². The molecule has 2 aliphatic heterocycles. The monoisotopic (exact) mass is 500 g/mol. The summed E-state index contributed by atoms with van der Waals surface area (Å²) in [6.07, 6.45) is -2.77. The summed E-state index contributed by atoms with van der Waals surface area (Å²) in [7, 11) is 0. The number of carbonyl (C=O) groups excluding carboxylic acids is 1. The second kappa shape index (κ2) is 8.46. The van der Waals surface area contributed by atoms with Crippen LogP contribution in [0.2, 0.25) is 5.02 Å². The van der Waals surface area contributed by atoms with Crippen LogP contribution in [0.3, 0.4) is 0 Å². The summed E-state index contributed by atoms with van der Waals surface area (Å²) in [5, 5.41) is 2.75. The minimum atomic E-state index is -4.61. The lowest BCUT2D eigenvalue weighted by atomic mass is 9.75. The first-order chi connectivity index (χ1) is 16.1. The average molecular weight is 501 g/mol. The Morgan fingerprint density at radius 3 is 2.65 bits per heavy atom. The first kappa shape index (κ1) is 23.5. The van der Waals surface area contributed by atoms with Gasteiger partial charge in [-0.2, -0.15) is 13.2 Å². The van der Waals surface area contributed by atoms with Crippen LogP contribution in [-0.4, -0.2) is 29.9 Å². The molecule has 3 aliphatic rings. The van der Waals surface area contributed by atoms with E-state index < -0.39 is 39.9 Å². The largest absolute Gasteiger partial charge is 0.417 e. The van der Waals surface area contributed by atoms with Crippen LogP contribution in [0.5, 0.6) is 0 Å². The molecule has 2 aromatic carbocycles. The van der Waals surface area contributed by atoms with Gasteiger partial charge in [0.15, 0.2) is 11.6 Å². The second-order valence-corrected chi connectivity index (χ2v) is 9.46. The third kappa shape index (κ3) is 3.97. The molecule has 2 heterocycles. The van der Waals surface area contributed by atoms with Crippen LogP contribution in [0, 0.1) is 17.6 Å². The van der Waals surface area contributed by atoms with Crippen molar-refractivity contribution in [3.63, 3.8) is 0 Å². The highest BCUT2D eigenvalue weighted by Gasteiger charge is 2.53. The molecule has 0 aromatic heterocycles. The molecule has 2 atom stereocenters. The molecule has 1 amide bonds. The smallest absolute Gasteiger partial charge is 0.365 e. The topological polar surface area (TPSA) is 41.6 Å². The van der Waals surface area contributed by atoms with E-state index >= 15 is 0 Å². The van der Waals surface area contributed by atoms with Gasteiger partial charge in [-0.25, -0.2) is 8.78 Å². The number of rotatable bonds is 4. The van der Waals surface area contributed by atoms with Gasteiger partial charge in [0.05, 0.1) is 23.1 Å². The maximum atomic E-state index is 14.2. The molecule has 1 saturated carbocycles. The molecule has 1 spiro atoms. The lowest BCUT2D eigenvalue weighted by molar-refractivity contribution is -0.157. The van der Waals surface area contributed by atoms with E-state index in [0.717, 1.165) is 31.0 Å². The summed E-state index contributed by atoms with van der Waals surface area (Å²) in [5.41, 5.74) is -0.917. The Balaban J connectivity index is 1.49. The van der Waals surface area contributed by atoms with Crippen LogP contribution in [-0.2, 0) is 34.5 Å². The third-order valence-corrected chi connectivity index (χ3v) is 7.41. The van der Waals surface area contributed by atoms with Gasteiger partial charge in [-0.15, -0.1) is 0 Å². The van der Waals surface area contributed by atoms with Crippen molar-refractivity contribution in [1.82, 2.24) is 10.2 Å². The predicted molar refractivity (Wildman–Crippen MR) is 114 cm³/mol. The van der Waals surface area contributed by atoms with E-state index in [4.69, 9.17) is 16.3 Å². The molecule has 2 fully saturated rings. The van der Waals surface area contributed by atoms with Crippen molar-refractivity contribution in [3.8, 4) is 0 Å². The molecule has 34 heavy (non-hydrogen) atoms. The molecule has 5 rings (SSSR count). The van der Waals surface area contributed by atoms with Gasteiger partial charge in [-0.05, 0) is 60.7 Å². The normalized spacial score (nSPS) is 24.4. The van der Waals surface area contributed by atoms with Crippen molar-refractivity contribution in [2.75, 3.05) is 13.1 Å². The number of hydrogen-bond acceptors (Lipinski definition) is 3. The maximum Gasteiger partial charge on any atom is 0.417 e. The van der Waals surface area contributed by atoms with Crippen molar-refractivity contribution in [2.45, 2.75) is 50.2 Å². The second-order valence-electron chi connectivity index (χ2n) is 9.08. The molecule has 1 aliphatic carbocycles. The molecular formula is C24H22ClF5N2O2. The zero-order chi connectivity index (χ0) is 24.3. The van der Waals surface area contributed by atoms with Crippen LogP contribution in [0.4, 0.5) is 22.0 Å². The summed E-state index contributed by atoms with van der Waals surface area (Å²) >= 11 is 6.10. The molecule has 10 heteroatoms. The third-order valence-electron chi connectivity index (χ3n) is 6.97. The summed E-state index contributed by atoms with van der Waals surface area (Å²) in [6.45, 7) is 0.741. The molecule has 1 N–H and O–H groups in total. The zero-order valence-electron chi connectivity index (χ0n) is 18.0. The lowest BCUT2D eigenvalue weighted by Gasteiger charge is -2.43. The molecule has 182 valence electrons. The Kier molecular flexibility index (Phi) is 5.85. The number of benzene rings is 2. The quantitative estimate of drug-likeness (QED) is 0.589. The number of amides is 1. The number of ether oxygens (including phenoxy) is 1. The standard InChI is InChI=1S/C24H22ClF5N2O2/c25-21-13(2-1-3-16(21)24(28,29)30)11-32(15-4-5-15)22(33)18-10-31-7-6-23(18)17-9-20(27)19(26)8-14(17)12-34-23/h1-3,8-9,15,18,31H,4-7,10-12H2/t18-,23+/m1/s1. The Labute approximate surface area is 198 Å². The summed E-state index contributed by atoms with van der Waals surface area (Å²) in [4.78, 5) is 15.4. The van der Waals surface area contributed by atoms with Crippen molar-refractivity contribution in [1.29, 1.82) is 0 Å². The molecule has 4 nitrogen and oxygen atoms in total. The van der Waals surface area contributed by atoms with Crippen LogP contribution in [0.15, 0.2) is 30.3 Å². The average Bonchev–Trinajstić information content (AvgIpc) is 3.58. The van der Waals surface area contributed by atoms with E-state index in [1.54, 1.807) is 4.90 Å². The van der Waals surface area contributed by atoms with Gasteiger partial charge in [-0.3, -0.25) is 4.79 Å². The minimum Gasteiger partial charge on any atom is -0.365 e. The van der Waals surface area contributed by atoms with Crippen LogP contribution < -0.4 is 5.32 Å².